The van der Waals surface area contributed by atoms with E-state index >= 15 is 0 Å². The van der Waals surface area contributed by atoms with E-state index in [0.29, 0.717) is 11.8 Å². The number of nitrogens with zero attached hydrogens (tertiary/aromatic N) is 2. The molecule has 0 aliphatic carbocycles. The molecule has 2 aromatic heterocycles. The normalized spacial score (nSPS) is 10.1. The van der Waals surface area contributed by atoms with E-state index in [4.69, 9.17) is 14.3 Å². The molecular weight excluding hydrogens is 268 g/mol. The SMILES string of the molecule is COc1ncc(N(O)C(=O)O)cc1-c1ccc(C=O)o1. The Kier molecular flexibility index (Phi) is 3.67. The summed E-state index contributed by atoms with van der Waals surface area (Å²) in [6, 6.07) is 4.27. The zero-order valence-corrected chi connectivity index (χ0v) is 10.3. The van der Waals surface area contributed by atoms with E-state index in [1.165, 1.54) is 25.3 Å². The molecule has 2 aromatic rings. The van der Waals surface area contributed by atoms with Crippen LogP contribution in [-0.4, -0.2) is 34.8 Å². The van der Waals surface area contributed by atoms with E-state index in [0.717, 1.165) is 6.20 Å². The number of methoxy groups -OCH3 is 1. The van der Waals surface area contributed by atoms with Gasteiger partial charge in [-0.25, -0.2) is 9.78 Å². The van der Waals surface area contributed by atoms with Gasteiger partial charge in [0.2, 0.25) is 5.88 Å². The van der Waals surface area contributed by atoms with E-state index in [1.807, 2.05) is 0 Å². The Labute approximate surface area is 112 Å². The zero-order valence-electron chi connectivity index (χ0n) is 10.3. The van der Waals surface area contributed by atoms with Crippen molar-refractivity contribution in [2.45, 2.75) is 0 Å². The molecule has 0 aliphatic rings. The van der Waals surface area contributed by atoms with E-state index < -0.39 is 6.09 Å². The summed E-state index contributed by atoms with van der Waals surface area (Å²) in [5.74, 6) is 0.531. The van der Waals surface area contributed by atoms with Gasteiger partial charge in [-0.05, 0) is 18.2 Å². The lowest BCUT2D eigenvalue weighted by atomic mass is 10.2. The largest absolute Gasteiger partial charge is 0.480 e. The van der Waals surface area contributed by atoms with Gasteiger partial charge in [-0.15, -0.1) is 0 Å². The van der Waals surface area contributed by atoms with Gasteiger partial charge in [-0.3, -0.25) is 10.0 Å². The van der Waals surface area contributed by atoms with Crippen LogP contribution >= 0.6 is 0 Å². The number of hydroxylamine groups is 1. The Balaban J connectivity index is 2.51. The van der Waals surface area contributed by atoms with Crippen molar-refractivity contribution in [2.24, 2.45) is 0 Å². The summed E-state index contributed by atoms with van der Waals surface area (Å²) in [5, 5.41) is 18.1. The number of rotatable bonds is 4. The number of anilines is 1. The summed E-state index contributed by atoms with van der Waals surface area (Å²) in [7, 11) is 1.38. The molecule has 0 spiro atoms. The van der Waals surface area contributed by atoms with Crippen molar-refractivity contribution < 1.29 is 29.1 Å². The summed E-state index contributed by atoms with van der Waals surface area (Å²) >= 11 is 0. The molecule has 0 saturated carbocycles. The standard InChI is InChI=1S/C12H10N2O6/c1-19-11-9(10-3-2-8(6-15)20-10)4-7(5-13-11)14(18)12(16)17/h2-6,18H,1H3,(H,16,17). The maximum Gasteiger partial charge on any atom is 0.436 e. The lowest BCUT2D eigenvalue weighted by molar-refractivity contribution is 0.110. The second-order valence-electron chi connectivity index (χ2n) is 3.66. The molecule has 104 valence electrons. The maximum absolute atomic E-state index is 10.7. The number of aromatic nitrogens is 1. The molecule has 0 aliphatic heterocycles. The monoisotopic (exact) mass is 278 g/mol. The molecule has 20 heavy (non-hydrogen) atoms. The van der Waals surface area contributed by atoms with Crippen LogP contribution in [0.5, 0.6) is 5.88 Å². The predicted octanol–water partition coefficient (Wildman–Crippen LogP) is 2.04. The van der Waals surface area contributed by atoms with E-state index in [1.54, 1.807) is 0 Å². The maximum atomic E-state index is 10.7. The van der Waals surface area contributed by atoms with Gasteiger partial charge in [0.15, 0.2) is 12.0 Å². The van der Waals surface area contributed by atoms with Crippen LogP contribution in [-0.2, 0) is 0 Å². The molecule has 2 rings (SSSR count). The number of carboxylic acid groups (broad SMARTS) is 1. The Morgan fingerprint density at radius 2 is 2.25 bits per heavy atom. The summed E-state index contributed by atoms with van der Waals surface area (Å²) in [6.07, 6.45) is 0.0963. The summed E-state index contributed by atoms with van der Waals surface area (Å²) in [6.45, 7) is 0. The van der Waals surface area contributed by atoms with Gasteiger partial charge in [0, 0.05) is 0 Å². The van der Waals surface area contributed by atoms with Crippen LogP contribution in [0.2, 0.25) is 0 Å². The highest BCUT2D eigenvalue weighted by Crippen LogP contribution is 2.32. The van der Waals surface area contributed by atoms with Gasteiger partial charge in [0.25, 0.3) is 0 Å². The number of carbonyl (C=O) groups is 2. The fraction of sp³-hybridized carbons (Fsp3) is 0.0833. The fourth-order valence-corrected chi connectivity index (χ4v) is 1.57. The van der Waals surface area contributed by atoms with Crippen molar-refractivity contribution in [3.8, 4) is 17.2 Å². The van der Waals surface area contributed by atoms with E-state index in [-0.39, 0.29) is 28.2 Å². The molecule has 0 atom stereocenters. The third-order valence-electron chi connectivity index (χ3n) is 2.46. The van der Waals surface area contributed by atoms with Crippen molar-refractivity contribution in [1.29, 1.82) is 0 Å². The summed E-state index contributed by atoms with van der Waals surface area (Å²) in [4.78, 5) is 25.2. The van der Waals surface area contributed by atoms with Crippen molar-refractivity contribution in [3.05, 3.63) is 30.2 Å². The second kappa shape index (κ2) is 5.41. The number of hydrogen-bond acceptors (Lipinski definition) is 6. The van der Waals surface area contributed by atoms with Gasteiger partial charge in [-0.1, -0.05) is 0 Å². The molecular formula is C12H10N2O6. The van der Waals surface area contributed by atoms with Crippen molar-refractivity contribution in [1.82, 2.24) is 4.98 Å². The quantitative estimate of drug-likeness (QED) is 0.499. The molecule has 2 heterocycles. The first-order valence-electron chi connectivity index (χ1n) is 5.38. The van der Waals surface area contributed by atoms with Gasteiger partial charge >= 0.3 is 6.09 Å². The van der Waals surface area contributed by atoms with Crippen LogP contribution < -0.4 is 9.80 Å². The number of ether oxygens (including phenoxy) is 1. The Bertz CT molecular complexity index is 651. The highest BCUT2D eigenvalue weighted by atomic mass is 16.6. The Hall–Kier alpha value is -2.87. The average Bonchev–Trinajstić information content (AvgIpc) is 2.94. The van der Waals surface area contributed by atoms with Crippen LogP contribution in [0.1, 0.15) is 10.6 Å². The zero-order chi connectivity index (χ0) is 14.7. The smallest absolute Gasteiger partial charge is 0.436 e. The van der Waals surface area contributed by atoms with Crippen molar-refractivity contribution >= 4 is 18.1 Å². The number of amides is 1. The second-order valence-corrected chi connectivity index (χ2v) is 3.66. The lowest BCUT2D eigenvalue weighted by Gasteiger charge is -2.12. The van der Waals surface area contributed by atoms with Crippen LogP contribution in [0.4, 0.5) is 10.5 Å². The molecule has 0 fully saturated rings. The molecule has 0 unspecified atom stereocenters. The minimum atomic E-state index is -1.56. The third kappa shape index (κ3) is 2.45. The minimum absolute atomic E-state index is 0.0134. The lowest BCUT2D eigenvalue weighted by Crippen LogP contribution is -2.24. The first-order valence-corrected chi connectivity index (χ1v) is 5.38. The molecule has 8 heteroatoms. The number of furan rings is 1. The summed E-state index contributed by atoms with van der Waals surface area (Å²) in [5.41, 5.74) is 0.218. The molecule has 0 aromatic carbocycles. The number of pyridine rings is 1. The molecule has 1 amide bonds. The summed E-state index contributed by atoms with van der Waals surface area (Å²) < 4.78 is 10.3. The van der Waals surface area contributed by atoms with Crippen LogP contribution in [0.25, 0.3) is 11.3 Å². The average molecular weight is 278 g/mol. The van der Waals surface area contributed by atoms with Crippen LogP contribution in [0.15, 0.2) is 28.8 Å². The third-order valence-corrected chi connectivity index (χ3v) is 2.46. The van der Waals surface area contributed by atoms with Crippen molar-refractivity contribution in [2.75, 3.05) is 12.2 Å². The first-order chi connectivity index (χ1) is 9.56. The number of carbonyl (C=O) groups excluding carboxylic acids is 1. The van der Waals surface area contributed by atoms with Gasteiger partial charge in [0.05, 0.1) is 24.6 Å². The minimum Gasteiger partial charge on any atom is -0.480 e. The molecule has 0 saturated heterocycles. The molecule has 0 radical (unpaired) electrons. The van der Waals surface area contributed by atoms with Crippen molar-refractivity contribution in [3.63, 3.8) is 0 Å². The number of hydrogen-bond donors (Lipinski definition) is 2. The van der Waals surface area contributed by atoms with Gasteiger partial charge in [0.1, 0.15) is 5.76 Å². The highest BCUT2D eigenvalue weighted by Gasteiger charge is 2.17. The van der Waals surface area contributed by atoms with Crippen LogP contribution in [0, 0.1) is 0 Å². The predicted molar refractivity (Wildman–Crippen MR) is 66.2 cm³/mol. The first kappa shape index (κ1) is 13.6. The topological polar surface area (TPSA) is 113 Å². The number of aldehydes is 1. The molecule has 2 N–H and O–H groups in total. The van der Waals surface area contributed by atoms with Gasteiger partial charge in [-0.2, -0.15) is 5.06 Å². The molecule has 0 bridgehead atoms. The molecule has 8 nitrogen and oxygen atoms in total. The van der Waals surface area contributed by atoms with Gasteiger partial charge < -0.3 is 14.3 Å². The van der Waals surface area contributed by atoms with Crippen LogP contribution in [0.3, 0.4) is 0 Å². The van der Waals surface area contributed by atoms with E-state index in [2.05, 4.69) is 4.98 Å². The highest BCUT2D eigenvalue weighted by molar-refractivity contribution is 5.84. The fourth-order valence-electron chi connectivity index (χ4n) is 1.57. The van der Waals surface area contributed by atoms with E-state index in [9.17, 15) is 14.8 Å². The Morgan fingerprint density at radius 3 is 2.80 bits per heavy atom. The Morgan fingerprint density at radius 1 is 1.50 bits per heavy atom.